The predicted molar refractivity (Wildman–Crippen MR) is 81.2 cm³/mol. The van der Waals surface area contributed by atoms with E-state index in [1.807, 2.05) is 13.8 Å². The van der Waals surface area contributed by atoms with Crippen molar-refractivity contribution in [1.29, 1.82) is 0 Å². The maximum Gasteiger partial charge on any atom is 0.329 e. The zero-order valence-electron chi connectivity index (χ0n) is 12.9. The number of carbonyl (C=O) groups excluding carboxylic acids is 2. The number of aromatic nitrogens is 1. The summed E-state index contributed by atoms with van der Waals surface area (Å²) in [6.45, 7) is 9.02. The monoisotopic (exact) mass is 312 g/mol. The molecule has 0 radical (unpaired) electrons. The lowest BCUT2D eigenvalue weighted by Gasteiger charge is -2.26. The van der Waals surface area contributed by atoms with Gasteiger partial charge in [0, 0.05) is 6.20 Å². The number of halogens is 1. The lowest BCUT2D eigenvalue weighted by atomic mass is 10.0. The molecule has 0 saturated heterocycles. The van der Waals surface area contributed by atoms with Gasteiger partial charge in [0.25, 0.3) is 5.91 Å². The number of amides is 1. The lowest BCUT2D eigenvalue weighted by molar-refractivity contribution is -0.158. The molecule has 1 atom stereocenters. The summed E-state index contributed by atoms with van der Waals surface area (Å²) in [4.78, 5) is 28.2. The fourth-order valence-electron chi connectivity index (χ4n) is 1.59. The molecule has 5 nitrogen and oxygen atoms in total. The van der Waals surface area contributed by atoms with Gasteiger partial charge >= 0.3 is 5.97 Å². The lowest BCUT2D eigenvalue weighted by Crippen LogP contribution is -2.47. The van der Waals surface area contributed by atoms with Crippen molar-refractivity contribution in [1.82, 2.24) is 10.3 Å². The Morgan fingerprint density at radius 2 is 1.90 bits per heavy atom. The van der Waals surface area contributed by atoms with Gasteiger partial charge in [0.15, 0.2) is 0 Å². The number of carbonyl (C=O) groups is 2. The van der Waals surface area contributed by atoms with Crippen LogP contribution in [0.4, 0.5) is 0 Å². The van der Waals surface area contributed by atoms with Gasteiger partial charge in [-0.1, -0.05) is 25.4 Å². The normalized spacial score (nSPS) is 12.9. The first-order valence-corrected chi connectivity index (χ1v) is 7.13. The highest BCUT2D eigenvalue weighted by Gasteiger charge is 2.29. The van der Waals surface area contributed by atoms with Crippen molar-refractivity contribution in [3.05, 3.63) is 29.0 Å². The minimum absolute atomic E-state index is 0.101. The molecule has 0 aliphatic heterocycles. The van der Waals surface area contributed by atoms with Crippen LogP contribution in [-0.4, -0.2) is 28.5 Å². The summed E-state index contributed by atoms with van der Waals surface area (Å²) in [5.74, 6) is -0.993. The van der Waals surface area contributed by atoms with E-state index < -0.39 is 23.5 Å². The number of ether oxygens (including phenoxy) is 1. The molecule has 0 aromatic carbocycles. The Labute approximate surface area is 130 Å². The van der Waals surface area contributed by atoms with Crippen LogP contribution in [0, 0.1) is 5.92 Å². The Kier molecular flexibility index (Phi) is 5.72. The van der Waals surface area contributed by atoms with E-state index >= 15 is 0 Å². The van der Waals surface area contributed by atoms with Crippen molar-refractivity contribution < 1.29 is 14.3 Å². The summed E-state index contributed by atoms with van der Waals surface area (Å²) in [6.07, 6.45) is 1.38. The first-order valence-electron chi connectivity index (χ1n) is 6.75. The molecule has 1 N–H and O–H groups in total. The second-order valence-corrected chi connectivity index (χ2v) is 6.53. The molecule has 0 aliphatic rings. The van der Waals surface area contributed by atoms with Crippen LogP contribution in [0.3, 0.4) is 0 Å². The fraction of sp³-hybridized carbons (Fsp3) is 0.533. The Morgan fingerprint density at radius 1 is 1.29 bits per heavy atom. The first kappa shape index (κ1) is 17.4. The second kappa shape index (κ2) is 6.89. The van der Waals surface area contributed by atoms with E-state index in [0.29, 0.717) is 5.02 Å². The summed E-state index contributed by atoms with van der Waals surface area (Å²) in [7, 11) is 0. The third-order valence-electron chi connectivity index (χ3n) is 2.57. The molecule has 116 valence electrons. The quantitative estimate of drug-likeness (QED) is 0.868. The number of hydrogen-bond donors (Lipinski definition) is 1. The SMILES string of the molecule is CC(C)[C@@H](NC(=O)c1ccc(Cl)cn1)C(=O)OC(C)(C)C. The van der Waals surface area contributed by atoms with E-state index in [9.17, 15) is 9.59 Å². The molecule has 0 spiro atoms. The molecular formula is C15H21ClN2O3. The van der Waals surface area contributed by atoms with Crippen molar-refractivity contribution in [2.24, 2.45) is 5.92 Å². The van der Waals surface area contributed by atoms with Gasteiger partial charge in [0.2, 0.25) is 0 Å². The van der Waals surface area contributed by atoms with Crippen molar-refractivity contribution in [2.45, 2.75) is 46.3 Å². The molecule has 0 bridgehead atoms. The molecule has 1 rings (SSSR count). The summed E-state index contributed by atoms with van der Waals surface area (Å²) in [5, 5.41) is 3.10. The van der Waals surface area contributed by atoms with E-state index in [0.717, 1.165) is 0 Å². The van der Waals surface area contributed by atoms with Crippen molar-refractivity contribution in [3.8, 4) is 0 Å². The maximum absolute atomic E-state index is 12.1. The molecular weight excluding hydrogens is 292 g/mol. The summed E-state index contributed by atoms with van der Waals surface area (Å²) < 4.78 is 5.32. The molecule has 0 aliphatic carbocycles. The molecule has 6 heteroatoms. The summed E-state index contributed by atoms with van der Waals surface area (Å²) >= 11 is 5.73. The van der Waals surface area contributed by atoms with Gasteiger partial charge in [-0.15, -0.1) is 0 Å². The van der Waals surface area contributed by atoms with Crippen LogP contribution < -0.4 is 5.32 Å². The van der Waals surface area contributed by atoms with E-state index in [2.05, 4.69) is 10.3 Å². The zero-order chi connectivity index (χ0) is 16.2. The Bertz CT molecular complexity index is 507. The second-order valence-electron chi connectivity index (χ2n) is 6.09. The van der Waals surface area contributed by atoms with Crippen LogP contribution in [0.2, 0.25) is 5.02 Å². The standard InChI is InChI=1S/C15H21ClN2O3/c1-9(2)12(14(20)21-15(3,4)5)18-13(19)11-7-6-10(16)8-17-11/h6-9,12H,1-5H3,(H,18,19)/t12-/m1/s1. The average Bonchev–Trinajstić information content (AvgIpc) is 2.33. The number of pyridine rings is 1. The Balaban J connectivity index is 2.81. The van der Waals surface area contributed by atoms with E-state index in [1.165, 1.54) is 12.3 Å². The van der Waals surface area contributed by atoms with Crippen molar-refractivity contribution >= 4 is 23.5 Å². The zero-order valence-corrected chi connectivity index (χ0v) is 13.7. The molecule has 0 unspecified atom stereocenters. The van der Waals surface area contributed by atoms with Crippen LogP contribution in [-0.2, 0) is 9.53 Å². The maximum atomic E-state index is 12.1. The van der Waals surface area contributed by atoms with Crippen molar-refractivity contribution in [3.63, 3.8) is 0 Å². The third-order valence-corrected chi connectivity index (χ3v) is 2.80. The topological polar surface area (TPSA) is 68.3 Å². The highest BCUT2D eigenvalue weighted by molar-refractivity contribution is 6.30. The van der Waals surface area contributed by atoms with Gasteiger partial charge in [-0.05, 0) is 38.8 Å². The fourth-order valence-corrected chi connectivity index (χ4v) is 1.70. The predicted octanol–water partition coefficient (Wildman–Crippen LogP) is 2.83. The minimum Gasteiger partial charge on any atom is -0.458 e. The molecule has 1 heterocycles. The number of esters is 1. The molecule has 21 heavy (non-hydrogen) atoms. The highest BCUT2D eigenvalue weighted by atomic mass is 35.5. The van der Waals surface area contributed by atoms with Gasteiger partial charge in [0.1, 0.15) is 17.3 Å². The third kappa shape index (κ3) is 5.71. The smallest absolute Gasteiger partial charge is 0.329 e. The van der Waals surface area contributed by atoms with E-state index in [1.54, 1.807) is 26.8 Å². The number of nitrogens with zero attached hydrogens (tertiary/aromatic N) is 1. The largest absolute Gasteiger partial charge is 0.458 e. The Hall–Kier alpha value is -1.62. The highest BCUT2D eigenvalue weighted by Crippen LogP contribution is 2.13. The average molecular weight is 313 g/mol. The summed E-state index contributed by atoms with van der Waals surface area (Å²) in [5.41, 5.74) is -0.401. The van der Waals surface area contributed by atoms with Crippen LogP contribution >= 0.6 is 11.6 Å². The molecule has 1 amide bonds. The molecule has 1 aromatic heterocycles. The molecule has 1 aromatic rings. The van der Waals surface area contributed by atoms with Gasteiger partial charge < -0.3 is 10.1 Å². The number of rotatable bonds is 4. The van der Waals surface area contributed by atoms with E-state index in [-0.39, 0.29) is 11.6 Å². The minimum atomic E-state index is -0.728. The van der Waals surface area contributed by atoms with Gasteiger partial charge in [-0.3, -0.25) is 4.79 Å². The molecule has 0 fully saturated rings. The van der Waals surface area contributed by atoms with Crippen LogP contribution in [0.1, 0.15) is 45.1 Å². The van der Waals surface area contributed by atoms with Crippen molar-refractivity contribution in [2.75, 3.05) is 0 Å². The first-order chi connectivity index (χ1) is 9.60. The van der Waals surface area contributed by atoms with E-state index in [4.69, 9.17) is 16.3 Å². The molecule has 0 saturated carbocycles. The van der Waals surface area contributed by atoms with Gasteiger partial charge in [-0.25, -0.2) is 9.78 Å². The summed E-state index contributed by atoms with van der Waals surface area (Å²) in [6, 6.07) is 2.35. The Morgan fingerprint density at radius 3 is 2.33 bits per heavy atom. The van der Waals surface area contributed by atoms with Crippen LogP contribution in [0.5, 0.6) is 0 Å². The number of hydrogen-bond acceptors (Lipinski definition) is 4. The van der Waals surface area contributed by atoms with Gasteiger partial charge in [-0.2, -0.15) is 0 Å². The van der Waals surface area contributed by atoms with Crippen LogP contribution in [0.15, 0.2) is 18.3 Å². The number of nitrogens with one attached hydrogen (secondary N) is 1. The van der Waals surface area contributed by atoms with Crippen LogP contribution in [0.25, 0.3) is 0 Å². The van der Waals surface area contributed by atoms with Gasteiger partial charge in [0.05, 0.1) is 5.02 Å².